The van der Waals surface area contributed by atoms with E-state index in [1.165, 1.54) is 0 Å². The highest BCUT2D eigenvalue weighted by molar-refractivity contribution is 7.47. The molecule has 0 heterocycles. The van der Waals surface area contributed by atoms with Gasteiger partial charge in [-0.25, -0.2) is 4.57 Å². The minimum absolute atomic E-state index is 0.0394. The minimum atomic E-state index is -4.40. The molecular weight excluding hydrogens is 762 g/mol. The van der Waals surface area contributed by atoms with Crippen molar-refractivity contribution in [3.05, 3.63) is 109 Å². The third kappa shape index (κ3) is 44.1. The number of phosphoric ester groups is 1. The standard InChI is InChI=1S/C49H80NO8P/c1-3-5-7-9-11-13-15-17-19-21-22-23-24-26-28-30-32-34-36-38-40-42-49(52)58-47(46-57-59(53,54)56-44-43-50)45-55-48(51)41-39-37-35-33-31-29-27-25-20-18-16-14-12-10-8-6-4-2/h5-8,11-14,17-20,22-23,26-29,47H,3-4,9-10,15-16,21,24-25,30-46,50H2,1-2H3,(H,53,54)/b7-5-,8-6-,13-11-,14-12-,19-17-,20-18-,23-22-,28-26-,29-27-. The molecule has 0 aromatic heterocycles. The first-order chi connectivity index (χ1) is 28.8. The highest BCUT2D eigenvalue weighted by atomic mass is 31.2. The van der Waals surface area contributed by atoms with Crippen LogP contribution in [0.25, 0.3) is 0 Å². The van der Waals surface area contributed by atoms with Gasteiger partial charge in [0.05, 0.1) is 13.2 Å². The van der Waals surface area contributed by atoms with E-state index in [1.54, 1.807) is 0 Å². The van der Waals surface area contributed by atoms with Gasteiger partial charge in [-0.3, -0.25) is 18.6 Å². The van der Waals surface area contributed by atoms with Crippen molar-refractivity contribution in [3.63, 3.8) is 0 Å². The largest absolute Gasteiger partial charge is 0.472 e. The number of carbonyl (C=O) groups is 2. The van der Waals surface area contributed by atoms with Crippen LogP contribution in [0.5, 0.6) is 0 Å². The summed E-state index contributed by atoms with van der Waals surface area (Å²) < 4.78 is 32.8. The molecule has 0 amide bonds. The van der Waals surface area contributed by atoms with Crippen LogP contribution in [0.3, 0.4) is 0 Å². The molecule has 0 aromatic carbocycles. The average molecular weight is 842 g/mol. The summed E-state index contributed by atoms with van der Waals surface area (Å²) in [5.41, 5.74) is 5.35. The molecule has 0 aromatic rings. The zero-order valence-corrected chi connectivity index (χ0v) is 37.6. The highest BCUT2D eigenvalue weighted by Gasteiger charge is 2.26. The van der Waals surface area contributed by atoms with Crippen LogP contribution in [0.4, 0.5) is 0 Å². The summed E-state index contributed by atoms with van der Waals surface area (Å²) >= 11 is 0. The topological polar surface area (TPSA) is 134 Å². The molecule has 0 aliphatic rings. The highest BCUT2D eigenvalue weighted by Crippen LogP contribution is 2.43. The third-order valence-corrected chi connectivity index (χ3v) is 9.64. The van der Waals surface area contributed by atoms with Gasteiger partial charge in [-0.05, 0) is 96.3 Å². The lowest BCUT2D eigenvalue weighted by Gasteiger charge is -2.19. The number of carbonyl (C=O) groups excluding carboxylic acids is 2. The lowest BCUT2D eigenvalue weighted by Crippen LogP contribution is -2.29. The third-order valence-electron chi connectivity index (χ3n) is 8.65. The molecule has 9 nitrogen and oxygen atoms in total. The monoisotopic (exact) mass is 842 g/mol. The molecule has 59 heavy (non-hydrogen) atoms. The van der Waals surface area contributed by atoms with Crippen molar-refractivity contribution in [1.82, 2.24) is 0 Å². The molecule has 0 fully saturated rings. The predicted molar refractivity (Wildman–Crippen MR) is 247 cm³/mol. The summed E-state index contributed by atoms with van der Waals surface area (Å²) in [6, 6.07) is 0. The van der Waals surface area contributed by atoms with E-state index in [-0.39, 0.29) is 32.6 Å². The van der Waals surface area contributed by atoms with Gasteiger partial charge in [0, 0.05) is 19.4 Å². The molecule has 0 aliphatic heterocycles. The van der Waals surface area contributed by atoms with Crippen LogP contribution in [0, 0.1) is 0 Å². The first-order valence-electron chi connectivity index (χ1n) is 22.4. The maximum absolute atomic E-state index is 12.6. The Bertz CT molecular complexity index is 1330. The van der Waals surface area contributed by atoms with Gasteiger partial charge in [-0.15, -0.1) is 0 Å². The molecule has 2 atom stereocenters. The van der Waals surface area contributed by atoms with Crippen LogP contribution in [0.2, 0.25) is 0 Å². The SMILES string of the molecule is CC/C=C\C/C=C\C/C=C\C/C=C\C/C=C\CCCCCCCC(=O)OC(COC(=O)CCCCCC/C=C\C/C=C\C/C=C\C/C=C\CC)COP(=O)(O)OCCN. The second-order valence-corrected chi connectivity index (χ2v) is 15.6. The van der Waals surface area contributed by atoms with E-state index in [0.717, 1.165) is 116 Å². The van der Waals surface area contributed by atoms with Gasteiger partial charge in [-0.2, -0.15) is 0 Å². The Labute approximate surface area is 359 Å². The molecule has 0 radical (unpaired) electrons. The number of esters is 2. The van der Waals surface area contributed by atoms with E-state index in [9.17, 15) is 19.0 Å². The minimum Gasteiger partial charge on any atom is -0.462 e. The van der Waals surface area contributed by atoms with E-state index in [4.69, 9.17) is 24.3 Å². The molecule has 0 bridgehead atoms. The van der Waals surface area contributed by atoms with Crippen LogP contribution in [0.15, 0.2) is 109 Å². The van der Waals surface area contributed by atoms with Gasteiger partial charge in [0.2, 0.25) is 0 Å². The van der Waals surface area contributed by atoms with Crippen LogP contribution >= 0.6 is 7.82 Å². The Kier molecular flexibility index (Phi) is 41.7. The van der Waals surface area contributed by atoms with E-state index in [0.29, 0.717) is 12.8 Å². The fourth-order valence-electron chi connectivity index (χ4n) is 5.41. The number of unbranched alkanes of at least 4 members (excludes halogenated alkanes) is 9. The van der Waals surface area contributed by atoms with Crippen molar-refractivity contribution in [2.24, 2.45) is 5.73 Å². The Hall–Kier alpha value is -3.33. The lowest BCUT2D eigenvalue weighted by molar-refractivity contribution is -0.161. The van der Waals surface area contributed by atoms with Crippen molar-refractivity contribution in [3.8, 4) is 0 Å². The molecule has 3 N–H and O–H groups in total. The van der Waals surface area contributed by atoms with Gasteiger partial charge in [0.1, 0.15) is 6.61 Å². The number of allylic oxidation sites excluding steroid dienone is 18. The normalized spacial score (nSPS) is 14.3. The molecule has 0 saturated heterocycles. The second-order valence-electron chi connectivity index (χ2n) is 14.1. The fourth-order valence-corrected chi connectivity index (χ4v) is 6.18. The molecular formula is C49H80NO8P. The first kappa shape index (κ1) is 55.7. The number of hydrogen-bond donors (Lipinski definition) is 2. The fraction of sp³-hybridized carbons (Fsp3) is 0.592. The maximum Gasteiger partial charge on any atom is 0.472 e. The molecule has 0 rings (SSSR count). The maximum atomic E-state index is 12.6. The predicted octanol–water partition coefficient (Wildman–Crippen LogP) is 13.2. The zero-order valence-electron chi connectivity index (χ0n) is 36.7. The number of hydrogen-bond acceptors (Lipinski definition) is 8. The lowest BCUT2D eigenvalue weighted by atomic mass is 10.1. The quantitative estimate of drug-likeness (QED) is 0.0267. The Morgan fingerprint density at radius 3 is 1.31 bits per heavy atom. The van der Waals surface area contributed by atoms with Gasteiger partial charge < -0.3 is 20.1 Å². The smallest absolute Gasteiger partial charge is 0.462 e. The Morgan fingerprint density at radius 1 is 0.508 bits per heavy atom. The van der Waals surface area contributed by atoms with Crippen LogP contribution < -0.4 is 5.73 Å². The zero-order chi connectivity index (χ0) is 43.2. The number of phosphoric acid groups is 1. The summed E-state index contributed by atoms with van der Waals surface area (Å²) in [5.74, 6) is -0.890. The number of rotatable bonds is 40. The van der Waals surface area contributed by atoms with Crippen LogP contribution in [-0.2, 0) is 32.7 Å². The number of nitrogens with two attached hydrogens (primary N) is 1. The van der Waals surface area contributed by atoms with Crippen LogP contribution in [0.1, 0.15) is 155 Å². The summed E-state index contributed by atoms with van der Waals surface area (Å²) in [4.78, 5) is 34.9. The van der Waals surface area contributed by atoms with Gasteiger partial charge in [0.15, 0.2) is 6.10 Å². The molecule has 0 spiro atoms. The van der Waals surface area contributed by atoms with Crippen molar-refractivity contribution >= 4 is 19.8 Å². The van der Waals surface area contributed by atoms with Gasteiger partial charge >= 0.3 is 19.8 Å². The molecule has 2 unspecified atom stereocenters. The van der Waals surface area contributed by atoms with E-state index >= 15 is 0 Å². The Balaban J connectivity index is 4.25. The van der Waals surface area contributed by atoms with Crippen LogP contribution in [-0.4, -0.2) is 49.3 Å². The first-order valence-corrected chi connectivity index (χ1v) is 23.9. The van der Waals surface area contributed by atoms with E-state index < -0.39 is 32.5 Å². The number of ether oxygens (including phenoxy) is 2. The molecule has 0 saturated carbocycles. The van der Waals surface area contributed by atoms with Crippen molar-refractivity contribution in [1.29, 1.82) is 0 Å². The average Bonchev–Trinajstić information content (AvgIpc) is 3.22. The summed E-state index contributed by atoms with van der Waals surface area (Å²) in [5, 5.41) is 0. The molecule has 334 valence electrons. The van der Waals surface area contributed by atoms with Gasteiger partial charge in [0.25, 0.3) is 0 Å². The molecule has 0 aliphatic carbocycles. The summed E-state index contributed by atoms with van der Waals surface area (Å²) in [6.07, 6.45) is 58.3. The van der Waals surface area contributed by atoms with Crippen molar-refractivity contribution in [2.45, 2.75) is 161 Å². The van der Waals surface area contributed by atoms with Crippen molar-refractivity contribution in [2.75, 3.05) is 26.4 Å². The van der Waals surface area contributed by atoms with Crippen molar-refractivity contribution < 1.29 is 37.6 Å². The van der Waals surface area contributed by atoms with E-state index in [1.807, 2.05) is 0 Å². The second kappa shape index (κ2) is 44.2. The summed E-state index contributed by atoms with van der Waals surface area (Å²) in [7, 11) is -4.40. The summed E-state index contributed by atoms with van der Waals surface area (Å²) in [6.45, 7) is 3.43. The Morgan fingerprint density at radius 2 is 0.881 bits per heavy atom. The van der Waals surface area contributed by atoms with E-state index in [2.05, 4.69) is 123 Å². The molecule has 10 heteroatoms. The van der Waals surface area contributed by atoms with Gasteiger partial charge in [-0.1, -0.05) is 155 Å².